The molecule has 2 rings (SSSR count). The van der Waals surface area contributed by atoms with E-state index in [9.17, 15) is 4.79 Å². The summed E-state index contributed by atoms with van der Waals surface area (Å²) in [6.07, 6.45) is 4.60. The molecule has 0 aromatic carbocycles. The number of hydrogen-bond acceptors (Lipinski definition) is 5. The van der Waals surface area contributed by atoms with E-state index in [-0.39, 0.29) is 5.91 Å². The van der Waals surface area contributed by atoms with Crippen molar-refractivity contribution in [1.82, 2.24) is 19.8 Å². The van der Waals surface area contributed by atoms with Crippen LogP contribution in [-0.2, 0) is 16.6 Å². The molecule has 6 nitrogen and oxygen atoms in total. The Morgan fingerprint density at radius 3 is 3.00 bits per heavy atom. The zero-order valence-corrected chi connectivity index (χ0v) is 12.7. The van der Waals surface area contributed by atoms with Gasteiger partial charge in [0.1, 0.15) is 0 Å². The van der Waals surface area contributed by atoms with Gasteiger partial charge in [-0.15, -0.1) is 0 Å². The smallest absolute Gasteiger partial charge is 0.230 e. The molecule has 2 heterocycles. The Morgan fingerprint density at radius 1 is 1.50 bits per heavy atom. The Balaban J connectivity index is 1.53. The lowest BCUT2D eigenvalue weighted by Crippen LogP contribution is -2.38. The van der Waals surface area contributed by atoms with Crippen LogP contribution >= 0.6 is 11.8 Å². The van der Waals surface area contributed by atoms with E-state index in [1.54, 1.807) is 6.20 Å². The van der Waals surface area contributed by atoms with Gasteiger partial charge in [-0.05, 0) is 13.0 Å². The third kappa shape index (κ3) is 5.15. The molecule has 0 bridgehead atoms. The monoisotopic (exact) mass is 298 g/mol. The number of aromatic nitrogens is 2. The molecule has 20 heavy (non-hydrogen) atoms. The first-order valence-corrected chi connectivity index (χ1v) is 7.91. The topological polar surface area (TPSA) is 59.4 Å². The fourth-order valence-corrected chi connectivity index (χ4v) is 2.79. The van der Waals surface area contributed by atoms with Crippen molar-refractivity contribution in [3.63, 3.8) is 0 Å². The second-order valence-corrected chi connectivity index (χ2v) is 5.71. The Morgan fingerprint density at radius 2 is 2.30 bits per heavy atom. The third-order valence-corrected chi connectivity index (χ3v) is 4.24. The summed E-state index contributed by atoms with van der Waals surface area (Å²) in [5.41, 5.74) is 0. The first kappa shape index (κ1) is 15.3. The molecule has 1 aliphatic heterocycles. The van der Waals surface area contributed by atoms with Crippen LogP contribution in [-0.4, -0.2) is 65.5 Å². The Labute approximate surface area is 123 Å². The van der Waals surface area contributed by atoms with Crippen LogP contribution in [0.1, 0.15) is 6.42 Å². The summed E-state index contributed by atoms with van der Waals surface area (Å²) in [6, 6.07) is 0. The maximum Gasteiger partial charge on any atom is 0.230 e. The summed E-state index contributed by atoms with van der Waals surface area (Å²) >= 11 is 1.46. The molecule has 7 heteroatoms. The minimum atomic E-state index is 0.0694. The van der Waals surface area contributed by atoms with Crippen molar-refractivity contribution in [2.75, 3.05) is 45.1 Å². The minimum Gasteiger partial charge on any atom is -0.379 e. The van der Waals surface area contributed by atoms with Crippen molar-refractivity contribution in [1.29, 1.82) is 0 Å². The summed E-state index contributed by atoms with van der Waals surface area (Å²) in [4.78, 5) is 18.2. The molecule has 0 aliphatic carbocycles. The third-order valence-electron chi connectivity index (χ3n) is 3.19. The predicted octanol–water partition coefficient (Wildman–Crippen LogP) is 0.351. The normalized spacial score (nSPS) is 16.2. The molecule has 0 saturated carbocycles. The number of morpholine rings is 1. The molecule has 1 saturated heterocycles. The maximum absolute atomic E-state index is 11.7. The van der Waals surface area contributed by atoms with Gasteiger partial charge in [-0.25, -0.2) is 4.98 Å². The van der Waals surface area contributed by atoms with Crippen LogP contribution in [0, 0.1) is 0 Å². The molecule has 0 atom stereocenters. The number of carbonyl (C=O) groups excluding carboxylic acids is 1. The highest BCUT2D eigenvalue weighted by molar-refractivity contribution is 7.99. The van der Waals surface area contributed by atoms with E-state index in [0.29, 0.717) is 5.75 Å². The summed E-state index contributed by atoms with van der Waals surface area (Å²) < 4.78 is 7.21. The second-order valence-electron chi connectivity index (χ2n) is 4.77. The number of hydrogen-bond donors (Lipinski definition) is 1. The lowest BCUT2D eigenvalue weighted by molar-refractivity contribution is -0.118. The van der Waals surface area contributed by atoms with Gasteiger partial charge in [0.05, 0.1) is 19.0 Å². The first-order valence-electron chi connectivity index (χ1n) is 6.92. The van der Waals surface area contributed by atoms with Crippen LogP contribution < -0.4 is 5.32 Å². The van der Waals surface area contributed by atoms with Crippen molar-refractivity contribution in [2.24, 2.45) is 7.05 Å². The number of ether oxygens (including phenoxy) is 1. The van der Waals surface area contributed by atoms with Gasteiger partial charge in [0.15, 0.2) is 5.16 Å². The molecule has 1 fully saturated rings. The van der Waals surface area contributed by atoms with Crippen LogP contribution in [0.2, 0.25) is 0 Å². The van der Waals surface area contributed by atoms with Crippen molar-refractivity contribution >= 4 is 17.7 Å². The highest BCUT2D eigenvalue weighted by Gasteiger charge is 2.10. The van der Waals surface area contributed by atoms with Crippen molar-refractivity contribution in [3.8, 4) is 0 Å². The number of thioether (sulfide) groups is 1. The Bertz CT molecular complexity index is 418. The predicted molar refractivity (Wildman–Crippen MR) is 78.8 cm³/mol. The van der Waals surface area contributed by atoms with Gasteiger partial charge < -0.3 is 14.6 Å². The van der Waals surface area contributed by atoms with Crippen LogP contribution in [0.4, 0.5) is 0 Å². The number of carbonyl (C=O) groups is 1. The van der Waals surface area contributed by atoms with Crippen LogP contribution in [0.25, 0.3) is 0 Å². The maximum atomic E-state index is 11.7. The summed E-state index contributed by atoms with van der Waals surface area (Å²) in [5, 5.41) is 3.82. The molecule has 1 aromatic rings. The molecule has 112 valence electrons. The fraction of sp³-hybridized carbons (Fsp3) is 0.692. The largest absolute Gasteiger partial charge is 0.379 e. The molecule has 0 spiro atoms. The van der Waals surface area contributed by atoms with E-state index in [2.05, 4.69) is 15.2 Å². The van der Waals surface area contributed by atoms with E-state index in [1.165, 1.54) is 11.8 Å². The summed E-state index contributed by atoms with van der Waals surface area (Å²) in [6.45, 7) is 5.42. The van der Waals surface area contributed by atoms with E-state index in [1.807, 2.05) is 17.8 Å². The van der Waals surface area contributed by atoms with E-state index in [4.69, 9.17) is 4.74 Å². The number of nitrogens with one attached hydrogen (secondary N) is 1. The van der Waals surface area contributed by atoms with E-state index < -0.39 is 0 Å². The van der Waals surface area contributed by atoms with Gasteiger partial charge >= 0.3 is 0 Å². The molecule has 0 unspecified atom stereocenters. The number of nitrogens with zero attached hydrogens (tertiary/aromatic N) is 3. The van der Waals surface area contributed by atoms with Crippen molar-refractivity contribution in [2.45, 2.75) is 11.6 Å². The minimum absolute atomic E-state index is 0.0694. The molecule has 1 aromatic heterocycles. The zero-order valence-electron chi connectivity index (χ0n) is 11.9. The molecule has 0 radical (unpaired) electrons. The summed E-state index contributed by atoms with van der Waals surface area (Å²) in [5.74, 6) is 0.488. The van der Waals surface area contributed by atoms with Gasteiger partial charge in [-0.2, -0.15) is 0 Å². The lowest BCUT2D eigenvalue weighted by atomic mass is 10.3. The lowest BCUT2D eigenvalue weighted by Gasteiger charge is -2.26. The van der Waals surface area contributed by atoms with E-state index >= 15 is 0 Å². The van der Waals surface area contributed by atoms with Crippen LogP contribution in [0.15, 0.2) is 17.6 Å². The standard InChI is InChI=1S/C13H22N4O2S/c1-16-6-4-15-13(16)20-11-12(18)14-3-2-5-17-7-9-19-10-8-17/h4,6H,2-3,5,7-11H2,1H3,(H,14,18). The number of amides is 1. The Kier molecular flexibility index (Phi) is 6.35. The highest BCUT2D eigenvalue weighted by Crippen LogP contribution is 2.13. The number of imidazole rings is 1. The average molecular weight is 298 g/mol. The van der Waals surface area contributed by atoms with Crippen LogP contribution in [0.3, 0.4) is 0 Å². The van der Waals surface area contributed by atoms with Gasteiger partial charge in [0.2, 0.25) is 5.91 Å². The molecule has 1 aliphatic rings. The van der Waals surface area contributed by atoms with Crippen LogP contribution in [0.5, 0.6) is 0 Å². The molecular weight excluding hydrogens is 276 g/mol. The highest BCUT2D eigenvalue weighted by atomic mass is 32.2. The van der Waals surface area contributed by atoms with Gasteiger partial charge in [-0.1, -0.05) is 11.8 Å². The van der Waals surface area contributed by atoms with Gasteiger partial charge in [0, 0.05) is 39.1 Å². The van der Waals surface area contributed by atoms with Crippen molar-refractivity contribution in [3.05, 3.63) is 12.4 Å². The van der Waals surface area contributed by atoms with E-state index in [0.717, 1.165) is 51.0 Å². The number of aryl methyl sites for hydroxylation is 1. The molecule has 1 N–H and O–H groups in total. The van der Waals surface area contributed by atoms with Crippen molar-refractivity contribution < 1.29 is 9.53 Å². The zero-order chi connectivity index (χ0) is 14.2. The first-order chi connectivity index (χ1) is 9.75. The van der Waals surface area contributed by atoms with Gasteiger partial charge in [-0.3, -0.25) is 9.69 Å². The molecular formula is C13H22N4O2S. The number of rotatable bonds is 7. The van der Waals surface area contributed by atoms with Gasteiger partial charge in [0.25, 0.3) is 0 Å². The Hall–Kier alpha value is -1.05. The fourth-order valence-electron chi connectivity index (χ4n) is 2.03. The summed E-state index contributed by atoms with van der Waals surface area (Å²) in [7, 11) is 1.93. The average Bonchev–Trinajstić information content (AvgIpc) is 2.88. The SMILES string of the molecule is Cn1ccnc1SCC(=O)NCCCN1CCOCC1. The quantitative estimate of drug-likeness (QED) is 0.581. The molecule has 1 amide bonds. The second kappa shape index (κ2) is 8.28.